The van der Waals surface area contributed by atoms with E-state index in [1.54, 1.807) is 18.4 Å². The lowest BCUT2D eigenvalue weighted by molar-refractivity contribution is -0.140. The van der Waals surface area contributed by atoms with E-state index in [0.717, 1.165) is 18.7 Å². The molecule has 0 aliphatic heterocycles. The molecule has 1 N–H and O–H groups in total. The van der Waals surface area contributed by atoms with Crippen molar-refractivity contribution in [3.63, 3.8) is 0 Å². The number of hydrogen-bond acceptors (Lipinski definition) is 3. The molecule has 0 aliphatic carbocycles. The van der Waals surface area contributed by atoms with Crippen molar-refractivity contribution in [2.75, 3.05) is 0 Å². The Morgan fingerprint density at radius 1 is 1.38 bits per heavy atom. The first-order chi connectivity index (χ1) is 7.52. The van der Waals surface area contributed by atoms with Crippen LogP contribution in [-0.4, -0.2) is 25.8 Å². The molecule has 0 saturated carbocycles. The molecular weight excluding hydrogens is 206 g/mol. The second kappa shape index (κ2) is 5.09. The average Bonchev–Trinajstić information content (AvgIpc) is 2.61. The molecule has 1 unspecified atom stereocenters. The number of carboxylic acids is 1. The van der Waals surface area contributed by atoms with E-state index >= 15 is 0 Å². The summed E-state index contributed by atoms with van der Waals surface area (Å²) >= 11 is 0. The van der Waals surface area contributed by atoms with Gasteiger partial charge in [-0.05, 0) is 26.7 Å². The van der Waals surface area contributed by atoms with Gasteiger partial charge in [0, 0.05) is 5.92 Å². The second-order valence-electron chi connectivity index (χ2n) is 4.00. The number of aryl methyl sites for hydroxylation is 1. The van der Waals surface area contributed by atoms with Gasteiger partial charge in [-0.25, -0.2) is 4.79 Å². The predicted molar refractivity (Wildman–Crippen MR) is 60.4 cm³/mol. The molecule has 0 aliphatic rings. The fourth-order valence-corrected chi connectivity index (χ4v) is 1.91. The maximum Gasteiger partial charge on any atom is 0.326 e. The lowest BCUT2D eigenvalue weighted by Crippen LogP contribution is -2.20. The van der Waals surface area contributed by atoms with Crippen LogP contribution >= 0.6 is 0 Å². The summed E-state index contributed by atoms with van der Waals surface area (Å²) in [5.41, 5.74) is 0. The maximum absolute atomic E-state index is 11.0. The van der Waals surface area contributed by atoms with Gasteiger partial charge in [0.1, 0.15) is 17.7 Å². The topological polar surface area (TPSA) is 68.0 Å². The summed E-state index contributed by atoms with van der Waals surface area (Å²) in [7, 11) is 0. The van der Waals surface area contributed by atoms with Crippen LogP contribution in [0.4, 0.5) is 0 Å². The van der Waals surface area contributed by atoms with E-state index in [-0.39, 0.29) is 5.92 Å². The van der Waals surface area contributed by atoms with E-state index < -0.39 is 12.0 Å². The molecule has 5 heteroatoms. The Kier molecular flexibility index (Phi) is 4.04. The van der Waals surface area contributed by atoms with Crippen LogP contribution in [0.25, 0.3) is 0 Å². The molecule has 0 bridgehead atoms. The molecule has 1 rings (SSSR count). The Labute approximate surface area is 95.5 Å². The summed E-state index contributed by atoms with van der Waals surface area (Å²) in [4.78, 5) is 11.0. The SMILES string of the molecule is CCC(CC)c1nnc(C)n1C(C)C(=O)O. The minimum atomic E-state index is -0.852. The van der Waals surface area contributed by atoms with E-state index in [1.165, 1.54) is 0 Å². The molecule has 90 valence electrons. The largest absolute Gasteiger partial charge is 0.480 e. The van der Waals surface area contributed by atoms with Gasteiger partial charge in [0.15, 0.2) is 0 Å². The van der Waals surface area contributed by atoms with Crippen molar-refractivity contribution in [1.82, 2.24) is 14.8 Å². The molecule has 1 aromatic rings. The highest BCUT2D eigenvalue weighted by Crippen LogP contribution is 2.24. The van der Waals surface area contributed by atoms with E-state index in [1.807, 2.05) is 0 Å². The van der Waals surface area contributed by atoms with Crippen LogP contribution in [0.3, 0.4) is 0 Å². The summed E-state index contributed by atoms with van der Waals surface area (Å²) in [6.45, 7) is 7.60. The lowest BCUT2D eigenvalue weighted by Gasteiger charge is -2.17. The van der Waals surface area contributed by atoms with Gasteiger partial charge < -0.3 is 9.67 Å². The molecule has 1 heterocycles. The van der Waals surface area contributed by atoms with Crippen LogP contribution in [0, 0.1) is 6.92 Å². The van der Waals surface area contributed by atoms with E-state index in [2.05, 4.69) is 24.0 Å². The molecular formula is C11H19N3O2. The monoisotopic (exact) mass is 225 g/mol. The summed E-state index contributed by atoms with van der Waals surface area (Å²) in [5.74, 6) is 0.882. The standard InChI is InChI=1S/C11H19N3O2/c1-5-9(6-2)10-13-12-8(4)14(10)7(3)11(15)16/h7,9H,5-6H2,1-4H3,(H,15,16). The summed E-state index contributed by atoms with van der Waals surface area (Å²) in [6.07, 6.45) is 1.89. The van der Waals surface area contributed by atoms with Crippen molar-refractivity contribution in [3.05, 3.63) is 11.6 Å². The van der Waals surface area contributed by atoms with Crippen LogP contribution in [0.2, 0.25) is 0 Å². The smallest absolute Gasteiger partial charge is 0.326 e. The van der Waals surface area contributed by atoms with E-state index in [4.69, 9.17) is 5.11 Å². The zero-order valence-corrected chi connectivity index (χ0v) is 10.3. The summed E-state index contributed by atoms with van der Waals surface area (Å²) in [5, 5.41) is 17.2. The molecule has 0 amide bonds. The molecule has 0 radical (unpaired) electrons. The molecule has 0 spiro atoms. The first-order valence-corrected chi connectivity index (χ1v) is 5.67. The van der Waals surface area contributed by atoms with Gasteiger partial charge in [-0.15, -0.1) is 10.2 Å². The first-order valence-electron chi connectivity index (χ1n) is 5.67. The third-order valence-corrected chi connectivity index (χ3v) is 2.99. The zero-order chi connectivity index (χ0) is 12.3. The Hall–Kier alpha value is -1.39. The third-order valence-electron chi connectivity index (χ3n) is 2.99. The van der Waals surface area contributed by atoms with Crippen molar-refractivity contribution in [1.29, 1.82) is 0 Å². The van der Waals surface area contributed by atoms with Gasteiger partial charge in [-0.3, -0.25) is 0 Å². The highest BCUT2D eigenvalue weighted by atomic mass is 16.4. The predicted octanol–water partition coefficient (Wildman–Crippen LogP) is 2.14. The van der Waals surface area contributed by atoms with Gasteiger partial charge in [-0.2, -0.15) is 0 Å². The number of nitrogens with zero attached hydrogens (tertiary/aromatic N) is 3. The Bertz CT molecular complexity index is 369. The zero-order valence-electron chi connectivity index (χ0n) is 10.3. The Morgan fingerprint density at radius 3 is 2.38 bits per heavy atom. The normalized spacial score (nSPS) is 13.1. The first kappa shape index (κ1) is 12.7. The van der Waals surface area contributed by atoms with Crippen LogP contribution in [0.15, 0.2) is 0 Å². The summed E-state index contributed by atoms with van der Waals surface area (Å²) in [6, 6.07) is -0.606. The molecule has 16 heavy (non-hydrogen) atoms. The number of carboxylic acid groups (broad SMARTS) is 1. The van der Waals surface area contributed by atoms with Gasteiger partial charge in [0.25, 0.3) is 0 Å². The number of carbonyl (C=O) groups is 1. The van der Waals surface area contributed by atoms with E-state index in [0.29, 0.717) is 5.82 Å². The van der Waals surface area contributed by atoms with Crippen molar-refractivity contribution in [2.45, 2.75) is 52.5 Å². The minimum Gasteiger partial charge on any atom is -0.480 e. The fourth-order valence-electron chi connectivity index (χ4n) is 1.91. The number of rotatable bonds is 5. The van der Waals surface area contributed by atoms with Gasteiger partial charge in [-0.1, -0.05) is 13.8 Å². The molecule has 0 aromatic carbocycles. The second-order valence-corrected chi connectivity index (χ2v) is 4.00. The maximum atomic E-state index is 11.0. The van der Waals surface area contributed by atoms with Crippen molar-refractivity contribution in [3.8, 4) is 0 Å². The third kappa shape index (κ3) is 2.23. The molecule has 5 nitrogen and oxygen atoms in total. The highest BCUT2D eigenvalue weighted by Gasteiger charge is 2.23. The number of hydrogen-bond donors (Lipinski definition) is 1. The van der Waals surface area contributed by atoms with Crippen LogP contribution < -0.4 is 0 Å². The van der Waals surface area contributed by atoms with Crippen molar-refractivity contribution in [2.24, 2.45) is 0 Å². The molecule has 1 aromatic heterocycles. The van der Waals surface area contributed by atoms with Gasteiger partial charge >= 0.3 is 5.97 Å². The average molecular weight is 225 g/mol. The van der Waals surface area contributed by atoms with Crippen molar-refractivity contribution < 1.29 is 9.90 Å². The summed E-state index contributed by atoms with van der Waals surface area (Å²) < 4.78 is 1.72. The number of aromatic nitrogens is 3. The molecule has 0 saturated heterocycles. The van der Waals surface area contributed by atoms with Gasteiger partial charge in [0.05, 0.1) is 0 Å². The van der Waals surface area contributed by atoms with Crippen LogP contribution in [-0.2, 0) is 4.79 Å². The Morgan fingerprint density at radius 2 is 1.94 bits per heavy atom. The molecule has 1 atom stereocenters. The molecule has 0 fully saturated rings. The Balaban J connectivity index is 3.16. The minimum absolute atomic E-state index is 0.281. The van der Waals surface area contributed by atoms with Crippen LogP contribution in [0.5, 0.6) is 0 Å². The highest BCUT2D eigenvalue weighted by molar-refractivity contribution is 5.71. The number of aliphatic carboxylic acids is 1. The van der Waals surface area contributed by atoms with Crippen LogP contribution in [0.1, 0.15) is 57.2 Å². The fraction of sp³-hybridized carbons (Fsp3) is 0.727. The van der Waals surface area contributed by atoms with E-state index in [9.17, 15) is 4.79 Å². The quantitative estimate of drug-likeness (QED) is 0.833. The lowest BCUT2D eigenvalue weighted by atomic mass is 10.0. The van der Waals surface area contributed by atoms with Crippen molar-refractivity contribution >= 4 is 5.97 Å². The van der Waals surface area contributed by atoms with Gasteiger partial charge in [0.2, 0.25) is 0 Å².